The summed E-state index contributed by atoms with van der Waals surface area (Å²) in [7, 11) is 0. The average Bonchev–Trinajstić information content (AvgIpc) is 3.26. The van der Waals surface area contributed by atoms with Gasteiger partial charge in [-0.1, -0.05) is 42.5 Å². The van der Waals surface area contributed by atoms with Crippen molar-refractivity contribution in [2.45, 2.75) is 0 Å². The zero-order chi connectivity index (χ0) is 19.1. The van der Waals surface area contributed by atoms with E-state index >= 15 is 0 Å². The smallest absolute Gasteiger partial charge is 0.267 e. The second-order valence-corrected chi connectivity index (χ2v) is 6.41. The van der Waals surface area contributed by atoms with Crippen molar-refractivity contribution in [1.82, 2.24) is 15.2 Å². The Morgan fingerprint density at radius 1 is 0.857 bits per heavy atom. The van der Waals surface area contributed by atoms with Crippen LogP contribution in [0.3, 0.4) is 0 Å². The van der Waals surface area contributed by atoms with Gasteiger partial charge >= 0.3 is 0 Å². The summed E-state index contributed by atoms with van der Waals surface area (Å²) in [6, 6.07) is 16.7. The minimum absolute atomic E-state index is 0.324. The first-order valence-corrected chi connectivity index (χ1v) is 8.77. The number of aromatic nitrogens is 3. The summed E-state index contributed by atoms with van der Waals surface area (Å²) >= 11 is 0. The molecule has 2 aromatic carbocycles. The van der Waals surface area contributed by atoms with Gasteiger partial charge in [0, 0.05) is 17.8 Å². The molecule has 2 amide bonds. The van der Waals surface area contributed by atoms with E-state index in [1.807, 2.05) is 48.6 Å². The Morgan fingerprint density at radius 2 is 1.64 bits per heavy atom. The fourth-order valence-electron chi connectivity index (χ4n) is 3.42. The number of H-pyrrole nitrogens is 1. The Kier molecular flexibility index (Phi) is 3.62. The van der Waals surface area contributed by atoms with Crippen LogP contribution in [-0.2, 0) is 0 Å². The molecule has 0 radical (unpaired) electrons. The summed E-state index contributed by atoms with van der Waals surface area (Å²) in [6.45, 7) is 0. The van der Waals surface area contributed by atoms with E-state index < -0.39 is 0 Å². The zero-order valence-electron chi connectivity index (χ0n) is 14.7. The third-order valence-electron chi connectivity index (χ3n) is 4.79. The number of pyridine rings is 1. The number of carbonyl (C=O) groups excluding carboxylic acids is 2. The molecule has 0 aliphatic carbocycles. The van der Waals surface area contributed by atoms with Crippen molar-refractivity contribution in [3.8, 4) is 0 Å². The van der Waals surface area contributed by atoms with Crippen molar-refractivity contribution in [3.63, 3.8) is 0 Å². The molecule has 0 spiro atoms. The van der Waals surface area contributed by atoms with Gasteiger partial charge in [-0.25, -0.2) is 4.90 Å². The minimum atomic E-state index is -0.362. The predicted molar refractivity (Wildman–Crippen MR) is 107 cm³/mol. The Hall–Kier alpha value is -4.06. The number of para-hydroxylation sites is 2. The maximum Gasteiger partial charge on any atom is 0.267 e. The Labute approximate surface area is 160 Å². The van der Waals surface area contributed by atoms with E-state index in [4.69, 9.17) is 0 Å². The second kappa shape index (κ2) is 6.28. The standard InChI is InChI=1S/C22H14N4O2/c27-21-15-11-12-23-13-17(15)22(28)26(21)20-8-4-1-5-14(20)9-10-19-16-6-2-3-7-18(16)24-25-19/h1-13H,(H,24,25)/b10-9+. The highest BCUT2D eigenvalue weighted by Crippen LogP contribution is 2.31. The number of benzene rings is 2. The lowest BCUT2D eigenvalue weighted by Gasteiger charge is -2.16. The number of nitrogens with zero attached hydrogens (tertiary/aromatic N) is 3. The zero-order valence-corrected chi connectivity index (χ0v) is 14.7. The number of aromatic amines is 1. The molecule has 5 rings (SSSR count). The predicted octanol–water partition coefficient (Wildman–Crippen LogP) is 3.93. The molecule has 0 bridgehead atoms. The monoisotopic (exact) mass is 366 g/mol. The van der Waals surface area contributed by atoms with Crippen LogP contribution in [0.4, 0.5) is 5.69 Å². The van der Waals surface area contributed by atoms with Crippen molar-refractivity contribution in [2.24, 2.45) is 0 Å². The molecule has 0 unspecified atom stereocenters. The van der Waals surface area contributed by atoms with Gasteiger partial charge in [-0.2, -0.15) is 5.10 Å². The lowest BCUT2D eigenvalue weighted by molar-refractivity contribution is 0.0926. The van der Waals surface area contributed by atoms with E-state index in [0.717, 1.165) is 22.2 Å². The number of hydrogen-bond acceptors (Lipinski definition) is 4. The number of nitrogens with one attached hydrogen (secondary N) is 1. The molecule has 2 aromatic heterocycles. The van der Waals surface area contributed by atoms with Crippen LogP contribution < -0.4 is 4.90 Å². The maximum atomic E-state index is 12.8. The summed E-state index contributed by atoms with van der Waals surface area (Å²) in [5, 5.41) is 8.33. The third-order valence-corrected chi connectivity index (χ3v) is 4.79. The topological polar surface area (TPSA) is 79.0 Å². The third kappa shape index (κ3) is 2.43. The highest BCUT2D eigenvalue weighted by Gasteiger charge is 2.37. The number of carbonyl (C=O) groups is 2. The number of imide groups is 1. The molecule has 1 N–H and O–H groups in total. The lowest BCUT2D eigenvalue weighted by atomic mass is 10.1. The first-order valence-electron chi connectivity index (χ1n) is 8.77. The van der Waals surface area contributed by atoms with Crippen molar-refractivity contribution in [2.75, 3.05) is 4.90 Å². The van der Waals surface area contributed by atoms with Crippen molar-refractivity contribution < 1.29 is 9.59 Å². The first-order chi connectivity index (χ1) is 13.7. The van der Waals surface area contributed by atoms with Gasteiger partial charge in [0.05, 0.1) is 28.0 Å². The quantitative estimate of drug-likeness (QED) is 0.557. The molecule has 1 aliphatic heterocycles. The van der Waals surface area contributed by atoms with Crippen LogP contribution in [0.2, 0.25) is 0 Å². The van der Waals surface area contributed by atoms with E-state index in [2.05, 4.69) is 15.2 Å². The highest BCUT2D eigenvalue weighted by molar-refractivity contribution is 6.34. The molecule has 134 valence electrons. The van der Waals surface area contributed by atoms with Crippen molar-refractivity contribution in [1.29, 1.82) is 0 Å². The summed E-state index contributed by atoms with van der Waals surface area (Å²) < 4.78 is 0. The summed E-state index contributed by atoms with van der Waals surface area (Å²) in [4.78, 5) is 30.8. The van der Waals surface area contributed by atoms with E-state index in [-0.39, 0.29) is 11.8 Å². The normalized spacial score (nSPS) is 13.6. The number of anilines is 1. The Balaban J connectivity index is 1.56. The SMILES string of the molecule is O=C1c2ccncc2C(=O)N1c1ccccc1/C=C/c1n[nH]c2ccccc12. The molecule has 0 saturated carbocycles. The number of amides is 2. The second-order valence-electron chi connectivity index (χ2n) is 6.41. The Morgan fingerprint density at radius 3 is 2.54 bits per heavy atom. The lowest BCUT2D eigenvalue weighted by Crippen LogP contribution is -2.29. The van der Waals surface area contributed by atoms with E-state index in [0.29, 0.717) is 16.8 Å². The van der Waals surface area contributed by atoms with E-state index in [1.165, 1.54) is 17.3 Å². The molecular formula is C22H14N4O2. The van der Waals surface area contributed by atoms with Crippen LogP contribution in [0.5, 0.6) is 0 Å². The van der Waals surface area contributed by atoms with Gasteiger partial charge < -0.3 is 0 Å². The molecule has 6 heteroatoms. The summed E-state index contributed by atoms with van der Waals surface area (Å²) in [5.74, 6) is -0.701. The largest absolute Gasteiger partial charge is 0.277 e. The maximum absolute atomic E-state index is 12.8. The van der Waals surface area contributed by atoms with Crippen LogP contribution in [0.15, 0.2) is 67.0 Å². The molecule has 6 nitrogen and oxygen atoms in total. The minimum Gasteiger partial charge on any atom is -0.277 e. The van der Waals surface area contributed by atoms with Gasteiger partial charge in [0.2, 0.25) is 0 Å². The van der Waals surface area contributed by atoms with Crippen LogP contribution in [0.25, 0.3) is 23.1 Å². The van der Waals surface area contributed by atoms with Crippen LogP contribution in [-0.4, -0.2) is 27.0 Å². The fraction of sp³-hybridized carbons (Fsp3) is 0. The molecule has 4 aromatic rings. The van der Waals surface area contributed by atoms with Crippen LogP contribution >= 0.6 is 0 Å². The Bertz CT molecular complexity index is 1240. The average molecular weight is 366 g/mol. The number of hydrogen-bond donors (Lipinski definition) is 1. The number of rotatable bonds is 3. The van der Waals surface area contributed by atoms with Crippen molar-refractivity contribution >= 4 is 40.6 Å². The van der Waals surface area contributed by atoms with Gasteiger partial charge in [0.15, 0.2) is 0 Å². The van der Waals surface area contributed by atoms with Gasteiger partial charge in [-0.3, -0.25) is 19.7 Å². The fourth-order valence-corrected chi connectivity index (χ4v) is 3.42. The van der Waals surface area contributed by atoms with Gasteiger partial charge in [-0.15, -0.1) is 0 Å². The molecular weight excluding hydrogens is 352 g/mol. The first kappa shape index (κ1) is 16.1. The molecule has 0 atom stereocenters. The van der Waals surface area contributed by atoms with Gasteiger partial charge in [-0.05, 0) is 29.8 Å². The summed E-state index contributed by atoms with van der Waals surface area (Å²) in [5.41, 5.74) is 3.71. The van der Waals surface area contributed by atoms with Crippen molar-refractivity contribution in [3.05, 3.63) is 89.4 Å². The molecule has 0 saturated heterocycles. The molecule has 1 aliphatic rings. The van der Waals surface area contributed by atoms with Gasteiger partial charge in [0.1, 0.15) is 0 Å². The molecule has 28 heavy (non-hydrogen) atoms. The molecule has 0 fully saturated rings. The summed E-state index contributed by atoms with van der Waals surface area (Å²) in [6.07, 6.45) is 6.68. The van der Waals surface area contributed by atoms with E-state index in [1.54, 1.807) is 18.2 Å². The van der Waals surface area contributed by atoms with Crippen LogP contribution in [0.1, 0.15) is 32.0 Å². The van der Waals surface area contributed by atoms with Crippen LogP contribution in [0, 0.1) is 0 Å². The highest BCUT2D eigenvalue weighted by atomic mass is 16.2. The van der Waals surface area contributed by atoms with E-state index in [9.17, 15) is 9.59 Å². The van der Waals surface area contributed by atoms with Gasteiger partial charge in [0.25, 0.3) is 11.8 Å². The molecule has 3 heterocycles. The number of fused-ring (bicyclic) bond motifs is 2.